The van der Waals surface area contributed by atoms with Crippen LogP contribution < -0.4 is 0 Å². The second-order valence-electron chi connectivity index (χ2n) is 3.21. The van der Waals surface area contributed by atoms with Gasteiger partial charge in [0.2, 0.25) is 0 Å². The third kappa shape index (κ3) is 1.67. The molecule has 0 aromatic rings. The summed E-state index contributed by atoms with van der Waals surface area (Å²) in [5.41, 5.74) is -2.30. The summed E-state index contributed by atoms with van der Waals surface area (Å²) in [7, 11) is 0. The van der Waals surface area contributed by atoms with E-state index < -0.39 is 11.1 Å². The molecule has 0 saturated carbocycles. The van der Waals surface area contributed by atoms with E-state index in [2.05, 4.69) is 0 Å². The smallest absolute Gasteiger partial charge is 0.123 e. The van der Waals surface area contributed by atoms with Crippen LogP contribution >= 0.6 is 0 Å². The van der Waals surface area contributed by atoms with Crippen LogP contribution in [0.15, 0.2) is 0 Å². The molecule has 0 rings (SSSR count). The average Bonchev–Trinajstić information content (AvgIpc) is 1.64. The molecular weight excluding hydrogens is 117 g/mol. The van der Waals surface area contributed by atoms with Crippen LogP contribution in [0.2, 0.25) is 0 Å². The Kier molecular flexibility index (Phi) is 1.85. The van der Waals surface area contributed by atoms with E-state index in [0.717, 1.165) is 0 Å². The van der Waals surface area contributed by atoms with Gasteiger partial charge in [0.25, 0.3) is 0 Å². The standard InChI is InChI=1S/C7H12FN/c1-6(2,5-9)7(3,4)8/h1-4H3. The Morgan fingerprint density at radius 3 is 1.56 bits per heavy atom. The maximum absolute atomic E-state index is 12.9. The Labute approximate surface area is 55.5 Å². The maximum Gasteiger partial charge on any atom is 0.123 e. The molecule has 0 spiro atoms. The molecule has 0 atom stereocenters. The number of hydrogen-bond donors (Lipinski definition) is 0. The van der Waals surface area contributed by atoms with Crippen molar-refractivity contribution in [3.63, 3.8) is 0 Å². The summed E-state index contributed by atoms with van der Waals surface area (Å²) in [6, 6.07) is 1.91. The number of rotatable bonds is 1. The normalized spacial score (nSPS) is 12.9. The zero-order chi connectivity index (χ0) is 7.71. The van der Waals surface area contributed by atoms with Crippen LogP contribution in [0.4, 0.5) is 4.39 Å². The average molecular weight is 129 g/mol. The van der Waals surface area contributed by atoms with Crippen LogP contribution in [0.25, 0.3) is 0 Å². The van der Waals surface area contributed by atoms with Crippen LogP contribution in [0.5, 0.6) is 0 Å². The van der Waals surface area contributed by atoms with Crippen LogP contribution in [-0.4, -0.2) is 5.67 Å². The van der Waals surface area contributed by atoms with Crippen molar-refractivity contribution < 1.29 is 4.39 Å². The molecule has 0 aliphatic heterocycles. The Balaban J connectivity index is 4.39. The molecule has 0 saturated heterocycles. The Morgan fingerprint density at radius 1 is 1.22 bits per heavy atom. The third-order valence-corrected chi connectivity index (χ3v) is 1.77. The van der Waals surface area contributed by atoms with Gasteiger partial charge in [-0.1, -0.05) is 0 Å². The summed E-state index contributed by atoms with van der Waals surface area (Å²) in [6.45, 7) is 6.01. The summed E-state index contributed by atoms with van der Waals surface area (Å²) < 4.78 is 12.9. The van der Waals surface area contributed by atoms with Gasteiger partial charge in [-0.05, 0) is 27.7 Å². The van der Waals surface area contributed by atoms with E-state index in [1.165, 1.54) is 13.8 Å². The minimum absolute atomic E-state index is 0.882. The fraction of sp³-hybridized carbons (Fsp3) is 0.857. The second-order valence-corrected chi connectivity index (χ2v) is 3.21. The number of nitrogens with zero attached hydrogens (tertiary/aromatic N) is 1. The van der Waals surface area contributed by atoms with E-state index >= 15 is 0 Å². The molecule has 52 valence electrons. The molecule has 0 aliphatic carbocycles. The van der Waals surface area contributed by atoms with E-state index in [-0.39, 0.29) is 0 Å². The molecule has 0 heterocycles. The van der Waals surface area contributed by atoms with Gasteiger partial charge in [-0.2, -0.15) is 5.26 Å². The quantitative estimate of drug-likeness (QED) is 0.532. The molecule has 0 bridgehead atoms. The largest absolute Gasteiger partial charge is 0.243 e. The van der Waals surface area contributed by atoms with Gasteiger partial charge in [0.05, 0.1) is 11.5 Å². The van der Waals surface area contributed by atoms with Crippen molar-refractivity contribution in [1.82, 2.24) is 0 Å². The van der Waals surface area contributed by atoms with Crippen LogP contribution in [0.3, 0.4) is 0 Å². The predicted molar refractivity (Wildman–Crippen MR) is 34.6 cm³/mol. The molecule has 0 amide bonds. The van der Waals surface area contributed by atoms with Crippen molar-refractivity contribution in [2.24, 2.45) is 5.41 Å². The first-order valence-electron chi connectivity index (χ1n) is 2.91. The lowest BCUT2D eigenvalue weighted by molar-refractivity contribution is 0.0976. The summed E-state index contributed by atoms with van der Waals surface area (Å²) in [5.74, 6) is 0. The number of halogens is 1. The van der Waals surface area contributed by atoms with Gasteiger partial charge in [0.1, 0.15) is 5.67 Å². The fourth-order valence-corrected chi connectivity index (χ4v) is 0.133. The molecule has 0 aromatic heterocycles. The van der Waals surface area contributed by atoms with E-state index in [9.17, 15) is 4.39 Å². The monoisotopic (exact) mass is 129 g/mol. The predicted octanol–water partition coefficient (Wildman–Crippen LogP) is 2.28. The summed E-state index contributed by atoms with van der Waals surface area (Å²) in [6.07, 6.45) is 0. The number of hydrogen-bond acceptors (Lipinski definition) is 1. The molecule has 0 aliphatic rings. The van der Waals surface area contributed by atoms with Crippen molar-refractivity contribution in [1.29, 1.82) is 5.26 Å². The van der Waals surface area contributed by atoms with Gasteiger partial charge in [-0.15, -0.1) is 0 Å². The van der Waals surface area contributed by atoms with Gasteiger partial charge in [0, 0.05) is 0 Å². The first kappa shape index (κ1) is 8.42. The Morgan fingerprint density at radius 2 is 1.56 bits per heavy atom. The van der Waals surface area contributed by atoms with Gasteiger partial charge in [0.15, 0.2) is 0 Å². The first-order chi connectivity index (χ1) is 3.81. The van der Waals surface area contributed by atoms with Crippen molar-refractivity contribution in [3.8, 4) is 6.07 Å². The van der Waals surface area contributed by atoms with Crippen molar-refractivity contribution >= 4 is 0 Å². The van der Waals surface area contributed by atoms with Gasteiger partial charge in [-0.25, -0.2) is 4.39 Å². The van der Waals surface area contributed by atoms with Gasteiger partial charge < -0.3 is 0 Å². The zero-order valence-corrected chi connectivity index (χ0v) is 6.33. The van der Waals surface area contributed by atoms with Gasteiger partial charge >= 0.3 is 0 Å². The minimum Gasteiger partial charge on any atom is -0.243 e. The van der Waals surface area contributed by atoms with Crippen LogP contribution in [0.1, 0.15) is 27.7 Å². The Bertz CT molecular complexity index is 136. The molecule has 2 heteroatoms. The molecule has 0 unspecified atom stereocenters. The van der Waals surface area contributed by atoms with Crippen LogP contribution in [0, 0.1) is 16.7 Å². The highest BCUT2D eigenvalue weighted by Crippen LogP contribution is 2.32. The number of nitriles is 1. The highest BCUT2D eigenvalue weighted by Gasteiger charge is 2.37. The summed E-state index contributed by atoms with van der Waals surface area (Å²) >= 11 is 0. The third-order valence-electron chi connectivity index (χ3n) is 1.77. The lowest BCUT2D eigenvalue weighted by atomic mass is 9.80. The molecule has 1 nitrogen and oxygen atoms in total. The lowest BCUT2D eigenvalue weighted by Crippen LogP contribution is -2.32. The molecule has 9 heavy (non-hydrogen) atoms. The molecule has 0 radical (unpaired) electrons. The lowest BCUT2D eigenvalue weighted by Gasteiger charge is -2.27. The van der Waals surface area contributed by atoms with E-state index in [1.807, 2.05) is 6.07 Å². The molecule has 0 aromatic carbocycles. The second kappa shape index (κ2) is 1.98. The molecule has 0 fully saturated rings. The highest BCUT2D eigenvalue weighted by atomic mass is 19.1. The first-order valence-corrected chi connectivity index (χ1v) is 2.91. The molecule has 0 N–H and O–H groups in total. The van der Waals surface area contributed by atoms with Crippen LogP contribution in [-0.2, 0) is 0 Å². The SMILES string of the molecule is CC(C)(F)C(C)(C)C#N. The summed E-state index contributed by atoms with van der Waals surface area (Å²) in [4.78, 5) is 0. The van der Waals surface area contributed by atoms with Crippen molar-refractivity contribution in [2.45, 2.75) is 33.4 Å². The fourth-order valence-electron chi connectivity index (χ4n) is 0.133. The topological polar surface area (TPSA) is 23.8 Å². The minimum atomic E-state index is -1.41. The highest BCUT2D eigenvalue weighted by molar-refractivity contribution is 5.02. The summed E-state index contributed by atoms with van der Waals surface area (Å²) in [5, 5.41) is 8.44. The maximum atomic E-state index is 12.9. The zero-order valence-electron chi connectivity index (χ0n) is 6.33. The van der Waals surface area contributed by atoms with E-state index in [4.69, 9.17) is 5.26 Å². The Hall–Kier alpha value is -0.580. The molecular formula is C7H12FN. The number of alkyl halides is 1. The van der Waals surface area contributed by atoms with E-state index in [0.29, 0.717) is 0 Å². The van der Waals surface area contributed by atoms with E-state index in [1.54, 1.807) is 13.8 Å². The van der Waals surface area contributed by atoms with Crippen molar-refractivity contribution in [3.05, 3.63) is 0 Å². The van der Waals surface area contributed by atoms with Crippen molar-refractivity contribution in [2.75, 3.05) is 0 Å². The van der Waals surface area contributed by atoms with Gasteiger partial charge in [-0.3, -0.25) is 0 Å².